The molecule has 1 unspecified atom stereocenters. The first-order valence-electron chi connectivity index (χ1n) is 12.0. The van der Waals surface area contributed by atoms with Crippen LogP contribution in [0.25, 0.3) is 10.9 Å². The number of fused-ring (bicyclic) bond motifs is 4. The lowest BCUT2D eigenvalue weighted by atomic mass is 9.68. The molecule has 3 heterocycles. The summed E-state index contributed by atoms with van der Waals surface area (Å²) in [6.07, 6.45) is -0.301. The molecule has 1 aromatic heterocycles. The van der Waals surface area contributed by atoms with Crippen LogP contribution in [0.1, 0.15) is 55.3 Å². The van der Waals surface area contributed by atoms with E-state index in [0.29, 0.717) is 43.3 Å². The predicted octanol–water partition coefficient (Wildman–Crippen LogP) is 4.46. The van der Waals surface area contributed by atoms with Crippen molar-refractivity contribution in [2.45, 2.75) is 51.1 Å². The van der Waals surface area contributed by atoms with Crippen LogP contribution in [0.15, 0.2) is 18.2 Å². The Hall–Kier alpha value is -2.06. The van der Waals surface area contributed by atoms with E-state index in [9.17, 15) is 18.0 Å². The van der Waals surface area contributed by atoms with Crippen molar-refractivity contribution in [3.8, 4) is 0 Å². The van der Waals surface area contributed by atoms with Gasteiger partial charge in [-0.3, -0.25) is 4.79 Å². The maximum Gasteiger partial charge on any atom is 0.416 e. The Bertz CT molecular complexity index is 1040. The number of rotatable bonds is 4. The third kappa shape index (κ3) is 4.05. The van der Waals surface area contributed by atoms with Gasteiger partial charge in [0.25, 0.3) is 0 Å². The van der Waals surface area contributed by atoms with Crippen LogP contribution in [0.5, 0.6) is 0 Å². The average Bonchev–Trinajstić information content (AvgIpc) is 3.15. The molecule has 0 bridgehead atoms. The number of aromatic amines is 1. The van der Waals surface area contributed by atoms with Crippen molar-refractivity contribution in [1.82, 2.24) is 9.88 Å². The number of nitrogens with two attached hydrogens (primary N) is 1. The second kappa shape index (κ2) is 8.31. The monoisotopic (exact) mass is 463 g/mol. The Kier molecular flexibility index (Phi) is 5.72. The van der Waals surface area contributed by atoms with E-state index >= 15 is 0 Å². The smallest absolute Gasteiger partial charge is 0.381 e. The standard InChI is InChI=1S/C25H32F3N3O2/c1-15-19-14-31(9-5-24(23(29)32)6-10-33-11-7-24)8-4-16(19)12-21-22(15)18-13-17(25(26,27)28)2-3-20(18)30-21/h2-3,13,15-16,19,30H,4-12,14H2,1H3,(H2,29,32)/t15-,16?,19-/m1/s1. The summed E-state index contributed by atoms with van der Waals surface area (Å²) in [5.41, 5.74) is 7.65. The Morgan fingerprint density at radius 3 is 2.76 bits per heavy atom. The first-order chi connectivity index (χ1) is 15.7. The Balaban J connectivity index is 1.35. The van der Waals surface area contributed by atoms with Crippen LogP contribution in [0.2, 0.25) is 0 Å². The van der Waals surface area contributed by atoms with Gasteiger partial charge in [0.1, 0.15) is 0 Å². The summed E-state index contributed by atoms with van der Waals surface area (Å²) in [7, 11) is 0. The zero-order valence-corrected chi connectivity index (χ0v) is 19.0. The molecule has 3 aliphatic rings. The van der Waals surface area contributed by atoms with E-state index < -0.39 is 17.2 Å². The number of aromatic nitrogens is 1. The number of H-pyrrole nitrogens is 1. The fourth-order valence-corrected chi connectivity index (χ4v) is 6.48. The molecular weight excluding hydrogens is 431 g/mol. The van der Waals surface area contributed by atoms with E-state index in [0.717, 1.165) is 61.7 Å². The van der Waals surface area contributed by atoms with Crippen molar-refractivity contribution in [3.05, 3.63) is 35.0 Å². The molecule has 0 saturated carbocycles. The normalized spacial score (nSPS) is 27.8. The van der Waals surface area contributed by atoms with E-state index in [1.54, 1.807) is 6.07 Å². The van der Waals surface area contributed by atoms with Crippen molar-refractivity contribution in [2.24, 2.45) is 23.0 Å². The topological polar surface area (TPSA) is 71.3 Å². The quantitative estimate of drug-likeness (QED) is 0.704. The maximum atomic E-state index is 13.3. The molecule has 180 valence electrons. The highest BCUT2D eigenvalue weighted by Gasteiger charge is 2.42. The van der Waals surface area contributed by atoms with Crippen LogP contribution in [0.4, 0.5) is 13.2 Å². The van der Waals surface area contributed by atoms with Gasteiger partial charge in [0.2, 0.25) is 5.91 Å². The zero-order valence-electron chi connectivity index (χ0n) is 19.0. The molecule has 33 heavy (non-hydrogen) atoms. The summed E-state index contributed by atoms with van der Waals surface area (Å²) >= 11 is 0. The molecule has 2 saturated heterocycles. The maximum absolute atomic E-state index is 13.3. The van der Waals surface area contributed by atoms with Crippen LogP contribution >= 0.6 is 0 Å². The lowest BCUT2D eigenvalue weighted by molar-refractivity contribution is -0.137. The number of halogens is 3. The Morgan fingerprint density at radius 2 is 2.06 bits per heavy atom. The molecule has 0 spiro atoms. The van der Waals surface area contributed by atoms with Crippen molar-refractivity contribution >= 4 is 16.8 Å². The number of amides is 1. The van der Waals surface area contributed by atoms with Crippen LogP contribution in [-0.2, 0) is 22.1 Å². The Labute approximate surface area is 191 Å². The second-order valence-corrected chi connectivity index (χ2v) is 10.3. The summed E-state index contributed by atoms with van der Waals surface area (Å²) in [4.78, 5) is 18.1. The number of hydrogen-bond acceptors (Lipinski definition) is 3. The predicted molar refractivity (Wildman–Crippen MR) is 120 cm³/mol. The number of nitrogens with one attached hydrogen (secondary N) is 1. The number of hydrogen-bond donors (Lipinski definition) is 2. The van der Waals surface area contributed by atoms with Crippen LogP contribution in [0, 0.1) is 17.3 Å². The molecular formula is C25H32F3N3O2. The van der Waals surface area contributed by atoms with Gasteiger partial charge in [0.05, 0.1) is 11.0 Å². The number of benzene rings is 1. The molecule has 5 rings (SSSR count). The van der Waals surface area contributed by atoms with E-state index in [-0.39, 0.29) is 11.8 Å². The molecule has 0 radical (unpaired) electrons. The molecule has 1 amide bonds. The lowest BCUT2D eigenvalue weighted by Crippen LogP contribution is -2.48. The molecule has 2 aliphatic heterocycles. The minimum Gasteiger partial charge on any atom is -0.381 e. The van der Waals surface area contributed by atoms with Gasteiger partial charge >= 0.3 is 6.18 Å². The number of alkyl halides is 3. The van der Waals surface area contributed by atoms with Crippen molar-refractivity contribution < 1.29 is 22.7 Å². The fourth-order valence-electron chi connectivity index (χ4n) is 6.48. The van der Waals surface area contributed by atoms with E-state index in [1.165, 1.54) is 6.07 Å². The third-order valence-corrected chi connectivity index (χ3v) is 8.58. The van der Waals surface area contributed by atoms with Gasteiger partial charge in [-0.15, -0.1) is 0 Å². The van der Waals surface area contributed by atoms with Crippen molar-refractivity contribution in [2.75, 3.05) is 32.8 Å². The van der Waals surface area contributed by atoms with Crippen molar-refractivity contribution in [1.29, 1.82) is 0 Å². The SMILES string of the molecule is C[C@H]1c2c([nH]c3ccc(C(F)(F)F)cc23)CC2CCN(CCC3(C(N)=O)CCOCC3)C[C@@H]21. The van der Waals surface area contributed by atoms with E-state index in [4.69, 9.17) is 10.5 Å². The summed E-state index contributed by atoms with van der Waals surface area (Å²) in [5, 5.41) is 0.706. The first-order valence-corrected chi connectivity index (χ1v) is 12.0. The fraction of sp³-hybridized carbons (Fsp3) is 0.640. The summed E-state index contributed by atoms with van der Waals surface area (Å²) in [5.74, 6) is 0.855. The second-order valence-electron chi connectivity index (χ2n) is 10.3. The third-order valence-electron chi connectivity index (χ3n) is 8.58. The van der Waals surface area contributed by atoms with Gasteiger partial charge in [0, 0.05) is 36.4 Å². The van der Waals surface area contributed by atoms with Gasteiger partial charge in [-0.2, -0.15) is 13.2 Å². The number of ether oxygens (including phenoxy) is 1. The summed E-state index contributed by atoms with van der Waals surface area (Å²) in [6.45, 7) is 6.02. The highest BCUT2D eigenvalue weighted by atomic mass is 19.4. The number of carbonyl (C=O) groups is 1. The molecule has 1 aromatic carbocycles. The van der Waals surface area contributed by atoms with Gasteiger partial charge in [0.15, 0.2) is 0 Å². The highest BCUT2D eigenvalue weighted by Crippen LogP contribution is 2.47. The molecule has 2 aromatic rings. The minimum absolute atomic E-state index is 0.173. The molecule has 5 nitrogen and oxygen atoms in total. The number of piperidine rings is 1. The molecule has 3 atom stereocenters. The molecule has 8 heteroatoms. The number of likely N-dealkylation sites (tertiary alicyclic amines) is 1. The largest absolute Gasteiger partial charge is 0.416 e. The summed E-state index contributed by atoms with van der Waals surface area (Å²) < 4.78 is 45.5. The number of nitrogens with zero attached hydrogens (tertiary/aromatic N) is 1. The van der Waals surface area contributed by atoms with E-state index in [1.807, 2.05) is 0 Å². The van der Waals surface area contributed by atoms with Crippen LogP contribution < -0.4 is 5.73 Å². The van der Waals surface area contributed by atoms with Crippen molar-refractivity contribution in [3.63, 3.8) is 0 Å². The van der Waals surface area contributed by atoms with Gasteiger partial charge in [-0.25, -0.2) is 0 Å². The zero-order chi connectivity index (χ0) is 23.4. The Morgan fingerprint density at radius 1 is 1.30 bits per heavy atom. The highest BCUT2D eigenvalue weighted by molar-refractivity contribution is 5.86. The minimum atomic E-state index is -4.35. The molecule has 1 aliphatic carbocycles. The first kappa shape index (κ1) is 22.7. The molecule has 3 N–H and O–H groups in total. The van der Waals surface area contributed by atoms with Crippen LogP contribution in [-0.4, -0.2) is 48.6 Å². The lowest BCUT2D eigenvalue weighted by Gasteiger charge is -2.45. The molecule has 2 fully saturated rings. The summed E-state index contributed by atoms with van der Waals surface area (Å²) in [6, 6.07) is 4.04. The van der Waals surface area contributed by atoms with Gasteiger partial charge < -0.3 is 20.4 Å². The average molecular weight is 464 g/mol. The van der Waals surface area contributed by atoms with E-state index in [2.05, 4.69) is 16.8 Å². The van der Waals surface area contributed by atoms with Gasteiger partial charge in [-0.1, -0.05) is 6.92 Å². The van der Waals surface area contributed by atoms with Crippen LogP contribution in [0.3, 0.4) is 0 Å². The van der Waals surface area contributed by atoms with Gasteiger partial charge in [-0.05, 0) is 86.7 Å². The number of carbonyl (C=O) groups excluding carboxylic acids is 1. The number of primary amides is 1.